The fourth-order valence-electron chi connectivity index (χ4n) is 2.51. The van der Waals surface area contributed by atoms with Crippen molar-refractivity contribution in [2.75, 3.05) is 20.1 Å². The van der Waals surface area contributed by atoms with Gasteiger partial charge in [0.2, 0.25) is 0 Å². The van der Waals surface area contributed by atoms with Crippen LogP contribution in [0.3, 0.4) is 0 Å². The average molecular weight is 359 g/mol. The van der Waals surface area contributed by atoms with Crippen LogP contribution in [0, 0.1) is 6.92 Å². The van der Waals surface area contributed by atoms with Crippen LogP contribution in [0.4, 0.5) is 0 Å². The fourth-order valence-corrected chi connectivity index (χ4v) is 3.34. The largest absolute Gasteiger partial charge is 0.357 e. The molecule has 0 amide bonds. The third-order valence-electron chi connectivity index (χ3n) is 3.97. The van der Waals surface area contributed by atoms with Gasteiger partial charge in [0.25, 0.3) is 0 Å². The summed E-state index contributed by atoms with van der Waals surface area (Å²) in [6.07, 6.45) is 0. The molecule has 25 heavy (non-hydrogen) atoms. The van der Waals surface area contributed by atoms with Gasteiger partial charge in [-0.2, -0.15) is 0 Å². The maximum Gasteiger partial charge on any atom is 0.191 e. The average Bonchev–Trinajstić information content (AvgIpc) is 3.03. The van der Waals surface area contributed by atoms with Crippen molar-refractivity contribution in [2.24, 2.45) is 4.99 Å². The Balaban J connectivity index is 1.96. The minimum absolute atomic E-state index is 0.683. The molecule has 0 saturated carbocycles. The van der Waals surface area contributed by atoms with Crippen molar-refractivity contribution >= 4 is 17.3 Å². The first-order valence-electron chi connectivity index (χ1n) is 8.94. The summed E-state index contributed by atoms with van der Waals surface area (Å²) in [6, 6.07) is 13.0. The van der Waals surface area contributed by atoms with Crippen LogP contribution in [0.5, 0.6) is 0 Å². The summed E-state index contributed by atoms with van der Waals surface area (Å²) in [5.41, 5.74) is 2.58. The molecule has 2 aromatic rings. The Morgan fingerprint density at radius 2 is 1.92 bits per heavy atom. The summed E-state index contributed by atoms with van der Waals surface area (Å²) in [4.78, 5) is 9.70. The molecular weight excluding hydrogens is 328 g/mol. The molecule has 136 valence electrons. The van der Waals surface area contributed by atoms with Gasteiger partial charge in [0.1, 0.15) is 0 Å². The predicted molar refractivity (Wildman–Crippen MR) is 109 cm³/mol. The lowest BCUT2D eigenvalue weighted by molar-refractivity contribution is 0.345. The van der Waals surface area contributed by atoms with Crippen LogP contribution in [0.1, 0.15) is 34.7 Å². The number of rotatable bonds is 8. The lowest BCUT2D eigenvalue weighted by Crippen LogP contribution is -2.36. The highest BCUT2D eigenvalue weighted by Crippen LogP contribution is 2.14. The number of hydrogen-bond donors (Lipinski definition) is 2. The topological polar surface area (TPSA) is 39.7 Å². The lowest BCUT2D eigenvalue weighted by Gasteiger charge is -2.14. The van der Waals surface area contributed by atoms with E-state index in [-0.39, 0.29) is 0 Å². The number of nitrogens with one attached hydrogen (secondary N) is 2. The van der Waals surface area contributed by atoms with Crippen molar-refractivity contribution in [3.05, 3.63) is 57.3 Å². The van der Waals surface area contributed by atoms with Gasteiger partial charge in [-0.25, -0.2) is 4.99 Å². The first-order valence-corrected chi connectivity index (χ1v) is 9.76. The van der Waals surface area contributed by atoms with E-state index in [4.69, 9.17) is 4.99 Å². The van der Waals surface area contributed by atoms with E-state index in [9.17, 15) is 0 Å². The Kier molecular flexibility index (Phi) is 7.95. The predicted octanol–water partition coefficient (Wildman–Crippen LogP) is 3.76. The van der Waals surface area contributed by atoms with Crippen molar-refractivity contribution in [2.45, 2.75) is 40.4 Å². The second-order valence-electron chi connectivity index (χ2n) is 6.21. The van der Waals surface area contributed by atoms with Crippen molar-refractivity contribution in [1.29, 1.82) is 0 Å². The van der Waals surface area contributed by atoms with Crippen LogP contribution >= 0.6 is 11.3 Å². The van der Waals surface area contributed by atoms with Crippen LogP contribution < -0.4 is 10.6 Å². The van der Waals surface area contributed by atoms with Gasteiger partial charge in [-0.3, -0.25) is 0 Å². The van der Waals surface area contributed by atoms with E-state index in [0.717, 1.165) is 32.1 Å². The molecule has 0 atom stereocenters. The van der Waals surface area contributed by atoms with Crippen molar-refractivity contribution in [3.8, 4) is 0 Å². The molecule has 0 aliphatic rings. The molecule has 0 fully saturated rings. The smallest absolute Gasteiger partial charge is 0.191 e. The zero-order chi connectivity index (χ0) is 18.1. The van der Waals surface area contributed by atoms with E-state index >= 15 is 0 Å². The monoisotopic (exact) mass is 358 g/mol. The third kappa shape index (κ3) is 6.88. The molecule has 0 bridgehead atoms. The van der Waals surface area contributed by atoms with Gasteiger partial charge < -0.3 is 15.5 Å². The summed E-state index contributed by atoms with van der Waals surface area (Å²) in [5.74, 6) is 0.865. The Hall–Kier alpha value is -1.85. The van der Waals surface area contributed by atoms with E-state index in [1.807, 2.05) is 11.3 Å². The number of nitrogens with zero attached hydrogens (tertiary/aromatic N) is 2. The van der Waals surface area contributed by atoms with E-state index < -0.39 is 0 Å². The number of guanidine groups is 1. The normalized spacial score (nSPS) is 11.8. The third-order valence-corrected chi connectivity index (χ3v) is 4.97. The molecule has 4 nitrogen and oxygen atoms in total. The van der Waals surface area contributed by atoms with E-state index in [0.29, 0.717) is 6.54 Å². The standard InChI is InChI=1S/C20H30N4S/c1-5-21-20(23-14-19-11-10-16(3)25-19)22-13-17-8-7-9-18(12-17)15-24(4)6-2/h7-12H,5-6,13-15H2,1-4H3,(H2,21,22,23). The lowest BCUT2D eigenvalue weighted by atomic mass is 10.1. The highest BCUT2D eigenvalue weighted by Gasteiger charge is 2.02. The Morgan fingerprint density at radius 1 is 1.12 bits per heavy atom. The highest BCUT2D eigenvalue weighted by molar-refractivity contribution is 7.11. The van der Waals surface area contributed by atoms with Gasteiger partial charge in [0, 0.05) is 22.8 Å². The number of aryl methyl sites for hydroxylation is 1. The van der Waals surface area contributed by atoms with E-state index in [2.05, 4.69) is 79.8 Å². The van der Waals surface area contributed by atoms with Gasteiger partial charge in [-0.1, -0.05) is 31.2 Å². The van der Waals surface area contributed by atoms with Gasteiger partial charge >= 0.3 is 0 Å². The van der Waals surface area contributed by atoms with Crippen LogP contribution in [-0.2, 0) is 19.6 Å². The number of benzene rings is 1. The van der Waals surface area contributed by atoms with Crippen molar-refractivity contribution < 1.29 is 0 Å². The van der Waals surface area contributed by atoms with Crippen molar-refractivity contribution in [1.82, 2.24) is 15.5 Å². The fraction of sp³-hybridized carbons (Fsp3) is 0.450. The number of thiophene rings is 1. The highest BCUT2D eigenvalue weighted by atomic mass is 32.1. The molecule has 1 aromatic heterocycles. The molecule has 1 heterocycles. The van der Waals surface area contributed by atoms with Crippen LogP contribution in [0.2, 0.25) is 0 Å². The zero-order valence-electron chi connectivity index (χ0n) is 15.8. The first-order chi connectivity index (χ1) is 12.1. The Labute approximate surface area is 156 Å². The Morgan fingerprint density at radius 3 is 2.60 bits per heavy atom. The summed E-state index contributed by atoms with van der Waals surface area (Å²) in [7, 11) is 2.14. The summed E-state index contributed by atoms with van der Waals surface area (Å²) >= 11 is 1.82. The quantitative estimate of drug-likeness (QED) is 0.557. The SMILES string of the molecule is CCNC(=NCc1cccc(CN(C)CC)c1)NCc1ccc(C)s1. The molecule has 5 heteroatoms. The summed E-state index contributed by atoms with van der Waals surface area (Å²) in [5, 5.41) is 6.74. The van der Waals surface area contributed by atoms with Gasteiger partial charge in [0.05, 0.1) is 13.1 Å². The molecule has 2 N–H and O–H groups in total. The molecule has 0 unspecified atom stereocenters. The zero-order valence-corrected chi connectivity index (χ0v) is 16.6. The van der Waals surface area contributed by atoms with Crippen LogP contribution in [0.25, 0.3) is 0 Å². The number of hydrogen-bond acceptors (Lipinski definition) is 3. The van der Waals surface area contributed by atoms with E-state index in [1.54, 1.807) is 0 Å². The molecule has 0 radical (unpaired) electrons. The molecular formula is C20H30N4S. The van der Waals surface area contributed by atoms with E-state index in [1.165, 1.54) is 20.9 Å². The van der Waals surface area contributed by atoms with Gasteiger partial charge in [-0.05, 0) is 50.7 Å². The van der Waals surface area contributed by atoms with Crippen LogP contribution in [-0.4, -0.2) is 31.0 Å². The molecule has 0 spiro atoms. The van der Waals surface area contributed by atoms with Gasteiger partial charge in [-0.15, -0.1) is 11.3 Å². The minimum atomic E-state index is 0.683. The molecule has 0 saturated heterocycles. The maximum absolute atomic E-state index is 4.73. The minimum Gasteiger partial charge on any atom is -0.357 e. The van der Waals surface area contributed by atoms with Crippen molar-refractivity contribution in [3.63, 3.8) is 0 Å². The summed E-state index contributed by atoms with van der Waals surface area (Å²) in [6.45, 7) is 10.8. The molecule has 2 rings (SSSR count). The van der Waals surface area contributed by atoms with Crippen LogP contribution in [0.15, 0.2) is 41.4 Å². The molecule has 0 aliphatic heterocycles. The molecule has 1 aromatic carbocycles. The summed E-state index contributed by atoms with van der Waals surface area (Å²) < 4.78 is 0. The second-order valence-corrected chi connectivity index (χ2v) is 7.58. The first kappa shape index (κ1) is 19.5. The second kappa shape index (κ2) is 10.2. The Bertz CT molecular complexity index is 678. The number of aliphatic imine (C=N–C) groups is 1. The molecule has 0 aliphatic carbocycles. The maximum atomic E-state index is 4.73. The van der Waals surface area contributed by atoms with Gasteiger partial charge in [0.15, 0.2) is 5.96 Å².